The molecule has 1 fully saturated rings. The number of ether oxygens (including phenoxy) is 1. The molecule has 4 heteroatoms. The summed E-state index contributed by atoms with van der Waals surface area (Å²) in [6.07, 6.45) is 6.17. The first-order chi connectivity index (χ1) is 9.81. The molecule has 2 aliphatic rings. The highest BCUT2D eigenvalue weighted by atomic mass is 16.5. The molecule has 0 radical (unpaired) electrons. The lowest BCUT2D eigenvalue weighted by atomic mass is 10.0. The van der Waals surface area contributed by atoms with Crippen LogP contribution in [-0.2, 0) is 16.0 Å². The number of hydrogen-bond acceptors (Lipinski definition) is 3. The van der Waals surface area contributed by atoms with E-state index in [4.69, 9.17) is 4.74 Å². The Morgan fingerprint density at radius 1 is 1.40 bits per heavy atom. The van der Waals surface area contributed by atoms with Crippen molar-refractivity contribution in [1.82, 2.24) is 0 Å². The zero-order valence-corrected chi connectivity index (χ0v) is 11.8. The van der Waals surface area contributed by atoms with E-state index in [9.17, 15) is 4.79 Å². The van der Waals surface area contributed by atoms with E-state index in [1.807, 2.05) is 12.1 Å². The third-order valence-corrected chi connectivity index (χ3v) is 4.07. The highest BCUT2D eigenvalue weighted by Crippen LogP contribution is 2.25. The molecule has 1 aromatic carbocycles. The van der Waals surface area contributed by atoms with E-state index < -0.39 is 0 Å². The smallest absolute Gasteiger partial charge is 0.224 e. The highest BCUT2D eigenvalue weighted by molar-refractivity contribution is 5.91. The normalized spacial score (nSPS) is 21.1. The summed E-state index contributed by atoms with van der Waals surface area (Å²) in [6, 6.07) is 6.08. The maximum atomic E-state index is 12.0. The quantitative estimate of drug-likeness (QED) is 0.887. The first-order valence-electron chi connectivity index (χ1n) is 7.59. The fraction of sp³-hybridized carbons (Fsp3) is 0.562. The molecule has 1 aromatic rings. The summed E-state index contributed by atoms with van der Waals surface area (Å²) in [6.45, 7) is 1.84. The lowest BCUT2D eigenvalue weighted by Gasteiger charge is -2.22. The van der Waals surface area contributed by atoms with Crippen LogP contribution in [0.4, 0.5) is 11.4 Å². The fourth-order valence-electron chi connectivity index (χ4n) is 2.93. The second-order valence-corrected chi connectivity index (χ2v) is 5.62. The lowest BCUT2D eigenvalue weighted by Crippen LogP contribution is -2.21. The molecule has 4 nitrogen and oxygen atoms in total. The Morgan fingerprint density at radius 2 is 2.35 bits per heavy atom. The number of benzene rings is 1. The van der Waals surface area contributed by atoms with Crippen molar-refractivity contribution >= 4 is 17.3 Å². The van der Waals surface area contributed by atoms with E-state index in [2.05, 4.69) is 16.7 Å². The van der Waals surface area contributed by atoms with Gasteiger partial charge >= 0.3 is 0 Å². The van der Waals surface area contributed by atoms with Gasteiger partial charge in [0.25, 0.3) is 0 Å². The SMILES string of the molecule is O=C(CCC1CCCCO1)Nc1ccc2c(c1)CCN2. The van der Waals surface area contributed by atoms with Crippen molar-refractivity contribution in [3.05, 3.63) is 23.8 Å². The van der Waals surface area contributed by atoms with Crippen molar-refractivity contribution in [2.75, 3.05) is 23.8 Å². The largest absolute Gasteiger partial charge is 0.384 e. The van der Waals surface area contributed by atoms with E-state index in [0.717, 1.165) is 44.5 Å². The van der Waals surface area contributed by atoms with Crippen molar-refractivity contribution in [1.29, 1.82) is 0 Å². The minimum Gasteiger partial charge on any atom is -0.384 e. The topological polar surface area (TPSA) is 50.4 Å². The van der Waals surface area contributed by atoms with Crippen LogP contribution in [-0.4, -0.2) is 25.2 Å². The molecule has 1 atom stereocenters. The molecule has 1 unspecified atom stereocenters. The molecule has 20 heavy (non-hydrogen) atoms. The summed E-state index contributed by atoms with van der Waals surface area (Å²) in [4.78, 5) is 12.0. The monoisotopic (exact) mass is 274 g/mol. The number of fused-ring (bicyclic) bond motifs is 1. The standard InChI is InChI=1S/C16H22N2O2/c19-16(7-5-14-3-1-2-10-20-14)18-13-4-6-15-12(11-13)8-9-17-15/h4,6,11,14,17H,1-3,5,7-10H2,(H,18,19). The Labute approximate surface area is 119 Å². The first kappa shape index (κ1) is 13.4. The molecule has 2 heterocycles. The Kier molecular flexibility index (Phi) is 4.21. The number of anilines is 2. The van der Waals surface area contributed by atoms with Crippen LogP contribution in [0, 0.1) is 0 Å². The van der Waals surface area contributed by atoms with Gasteiger partial charge in [0.05, 0.1) is 6.10 Å². The summed E-state index contributed by atoms with van der Waals surface area (Å²) < 4.78 is 5.65. The number of carbonyl (C=O) groups is 1. The maximum Gasteiger partial charge on any atom is 0.224 e. The van der Waals surface area contributed by atoms with Crippen LogP contribution in [0.3, 0.4) is 0 Å². The second kappa shape index (κ2) is 6.27. The van der Waals surface area contributed by atoms with Crippen molar-refractivity contribution in [2.24, 2.45) is 0 Å². The number of nitrogens with one attached hydrogen (secondary N) is 2. The van der Waals surface area contributed by atoms with Gasteiger partial charge in [-0.2, -0.15) is 0 Å². The highest BCUT2D eigenvalue weighted by Gasteiger charge is 2.16. The Morgan fingerprint density at radius 3 is 3.20 bits per heavy atom. The average molecular weight is 274 g/mol. The van der Waals surface area contributed by atoms with Gasteiger partial charge in [0, 0.05) is 30.9 Å². The van der Waals surface area contributed by atoms with E-state index in [0.29, 0.717) is 6.42 Å². The number of amides is 1. The van der Waals surface area contributed by atoms with Crippen LogP contribution < -0.4 is 10.6 Å². The molecule has 108 valence electrons. The second-order valence-electron chi connectivity index (χ2n) is 5.62. The van der Waals surface area contributed by atoms with Gasteiger partial charge in [-0.25, -0.2) is 0 Å². The summed E-state index contributed by atoms with van der Waals surface area (Å²) in [5, 5.41) is 6.31. The van der Waals surface area contributed by atoms with Crippen LogP contribution >= 0.6 is 0 Å². The zero-order valence-electron chi connectivity index (χ0n) is 11.8. The van der Waals surface area contributed by atoms with Gasteiger partial charge in [0.15, 0.2) is 0 Å². The van der Waals surface area contributed by atoms with Gasteiger partial charge < -0.3 is 15.4 Å². The molecule has 0 aromatic heterocycles. The van der Waals surface area contributed by atoms with E-state index in [-0.39, 0.29) is 12.0 Å². The van der Waals surface area contributed by atoms with Gasteiger partial charge in [0.2, 0.25) is 5.91 Å². The Hall–Kier alpha value is -1.55. The molecule has 2 N–H and O–H groups in total. The average Bonchev–Trinajstić information content (AvgIpc) is 2.94. The third-order valence-electron chi connectivity index (χ3n) is 4.07. The van der Waals surface area contributed by atoms with Crippen LogP contribution in [0.5, 0.6) is 0 Å². The molecular formula is C16H22N2O2. The van der Waals surface area contributed by atoms with Gasteiger partial charge in [-0.1, -0.05) is 0 Å². The minimum atomic E-state index is 0.0880. The molecule has 1 saturated heterocycles. The van der Waals surface area contributed by atoms with E-state index in [1.165, 1.54) is 17.7 Å². The summed E-state index contributed by atoms with van der Waals surface area (Å²) in [5.74, 6) is 0.0880. The van der Waals surface area contributed by atoms with E-state index >= 15 is 0 Å². The van der Waals surface area contributed by atoms with Crippen LogP contribution in [0.25, 0.3) is 0 Å². The lowest BCUT2D eigenvalue weighted by molar-refractivity contribution is -0.117. The molecule has 0 spiro atoms. The molecular weight excluding hydrogens is 252 g/mol. The fourth-order valence-corrected chi connectivity index (χ4v) is 2.93. The van der Waals surface area contributed by atoms with Gasteiger partial charge in [-0.05, 0) is 55.9 Å². The summed E-state index contributed by atoms with van der Waals surface area (Å²) >= 11 is 0. The van der Waals surface area contributed by atoms with Crippen molar-refractivity contribution in [3.63, 3.8) is 0 Å². The molecule has 2 aliphatic heterocycles. The molecule has 0 aliphatic carbocycles. The van der Waals surface area contributed by atoms with Crippen molar-refractivity contribution in [3.8, 4) is 0 Å². The minimum absolute atomic E-state index is 0.0880. The molecule has 3 rings (SSSR count). The third kappa shape index (κ3) is 3.31. The number of carbonyl (C=O) groups excluding carboxylic acids is 1. The van der Waals surface area contributed by atoms with Crippen LogP contribution in [0.15, 0.2) is 18.2 Å². The zero-order chi connectivity index (χ0) is 13.8. The molecule has 0 bridgehead atoms. The van der Waals surface area contributed by atoms with Crippen molar-refractivity contribution < 1.29 is 9.53 Å². The first-order valence-corrected chi connectivity index (χ1v) is 7.59. The Bertz CT molecular complexity index is 481. The molecule has 1 amide bonds. The number of rotatable bonds is 4. The summed E-state index contributed by atoms with van der Waals surface area (Å²) in [7, 11) is 0. The summed E-state index contributed by atoms with van der Waals surface area (Å²) in [5.41, 5.74) is 3.39. The van der Waals surface area contributed by atoms with E-state index in [1.54, 1.807) is 0 Å². The van der Waals surface area contributed by atoms with Crippen molar-refractivity contribution in [2.45, 2.75) is 44.6 Å². The van der Waals surface area contributed by atoms with Crippen LogP contribution in [0.2, 0.25) is 0 Å². The predicted octanol–water partition coefficient (Wildman–Crippen LogP) is 2.94. The van der Waals surface area contributed by atoms with Crippen LogP contribution in [0.1, 0.15) is 37.7 Å². The maximum absolute atomic E-state index is 12.0. The number of hydrogen-bond donors (Lipinski definition) is 2. The van der Waals surface area contributed by atoms with Gasteiger partial charge in [-0.3, -0.25) is 4.79 Å². The molecule has 0 saturated carbocycles. The van der Waals surface area contributed by atoms with Gasteiger partial charge in [-0.15, -0.1) is 0 Å². The van der Waals surface area contributed by atoms with Gasteiger partial charge in [0.1, 0.15) is 0 Å². The predicted molar refractivity (Wildman–Crippen MR) is 80.1 cm³/mol. The Balaban J connectivity index is 1.48.